The molecule has 2 aliphatic carbocycles. The van der Waals surface area contributed by atoms with Gasteiger partial charge >= 0.3 is 0 Å². The van der Waals surface area contributed by atoms with E-state index in [1.54, 1.807) is 0 Å². The molecular formula is C23H28Cl2N2O3S. The van der Waals surface area contributed by atoms with E-state index in [1.807, 2.05) is 24.3 Å². The van der Waals surface area contributed by atoms with Gasteiger partial charge in [-0.05, 0) is 73.1 Å². The topological polar surface area (TPSA) is 81.4 Å². The van der Waals surface area contributed by atoms with Crippen LogP contribution in [0.4, 0.5) is 0 Å². The van der Waals surface area contributed by atoms with E-state index in [-0.39, 0.29) is 30.4 Å². The molecule has 2 aromatic rings. The first kappa shape index (κ1) is 22.9. The van der Waals surface area contributed by atoms with E-state index in [0.717, 1.165) is 49.8 Å². The largest absolute Gasteiger partial charge is 0.492 e. The number of hydrogen-bond donors (Lipinski definition) is 2. The summed E-state index contributed by atoms with van der Waals surface area (Å²) in [5.41, 5.74) is 10.1. The summed E-state index contributed by atoms with van der Waals surface area (Å²) in [6.07, 6.45) is 5.14. The van der Waals surface area contributed by atoms with Crippen LogP contribution >= 0.6 is 23.2 Å². The predicted molar refractivity (Wildman–Crippen MR) is 126 cm³/mol. The maximum Gasteiger partial charge on any atom is 0.214 e. The van der Waals surface area contributed by atoms with Crippen molar-refractivity contribution in [2.24, 2.45) is 5.73 Å². The SMILES string of the molecule is N[C@H]1CCc2ccc(OCCNS(=O)(=O)C3CCC3)cc2[C@H]1Cc1ccc(Cl)c(Cl)c1. The number of rotatable bonds is 8. The molecule has 0 radical (unpaired) electrons. The first-order valence-corrected chi connectivity index (χ1v) is 13.1. The Morgan fingerprint density at radius 3 is 2.58 bits per heavy atom. The Hall–Kier alpha value is -1.31. The van der Waals surface area contributed by atoms with Crippen molar-refractivity contribution in [2.75, 3.05) is 13.2 Å². The van der Waals surface area contributed by atoms with Crippen LogP contribution in [0, 0.1) is 0 Å². The Kier molecular flexibility index (Phi) is 7.14. The van der Waals surface area contributed by atoms with Crippen molar-refractivity contribution in [3.05, 3.63) is 63.1 Å². The molecule has 0 spiro atoms. The van der Waals surface area contributed by atoms with Crippen LogP contribution < -0.4 is 15.2 Å². The molecule has 3 N–H and O–H groups in total. The Labute approximate surface area is 194 Å². The van der Waals surface area contributed by atoms with Gasteiger partial charge in [-0.15, -0.1) is 0 Å². The Balaban J connectivity index is 1.42. The molecule has 2 aromatic carbocycles. The Morgan fingerprint density at radius 1 is 1.06 bits per heavy atom. The minimum absolute atomic E-state index is 0.0477. The standard InChI is InChI=1S/C23H28Cl2N2O3S/c24-21-8-4-15(13-22(21)25)12-20-19-14-17(7-5-16(19)6-9-23(20)26)30-11-10-27-31(28,29)18-2-1-3-18/h4-5,7-8,13-14,18,20,23,27H,1-3,6,9-12,26H2/t20-,23+/m1/s1. The summed E-state index contributed by atoms with van der Waals surface area (Å²) < 4.78 is 32.7. The van der Waals surface area contributed by atoms with Gasteiger partial charge in [0.05, 0.1) is 15.3 Å². The van der Waals surface area contributed by atoms with E-state index in [2.05, 4.69) is 16.9 Å². The third kappa shape index (κ3) is 5.37. The van der Waals surface area contributed by atoms with E-state index >= 15 is 0 Å². The van der Waals surface area contributed by atoms with Gasteiger partial charge < -0.3 is 10.5 Å². The number of sulfonamides is 1. The second kappa shape index (κ2) is 9.67. The van der Waals surface area contributed by atoms with Crippen molar-refractivity contribution in [3.63, 3.8) is 0 Å². The maximum absolute atomic E-state index is 12.1. The molecule has 8 heteroatoms. The number of aryl methyl sites for hydroxylation is 1. The lowest BCUT2D eigenvalue weighted by Gasteiger charge is -2.32. The zero-order valence-electron chi connectivity index (χ0n) is 17.3. The average molecular weight is 483 g/mol. The molecule has 0 heterocycles. The van der Waals surface area contributed by atoms with Crippen molar-refractivity contribution < 1.29 is 13.2 Å². The zero-order valence-corrected chi connectivity index (χ0v) is 19.6. The normalized spacial score (nSPS) is 21.4. The Morgan fingerprint density at radius 2 is 1.87 bits per heavy atom. The fraction of sp³-hybridized carbons (Fsp3) is 0.478. The van der Waals surface area contributed by atoms with Gasteiger partial charge in [-0.1, -0.05) is 41.8 Å². The molecule has 0 bridgehead atoms. The lowest BCUT2D eigenvalue weighted by Crippen LogP contribution is -2.40. The van der Waals surface area contributed by atoms with Gasteiger partial charge in [-0.25, -0.2) is 13.1 Å². The molecule has 5 nitrogen and oxygen atoms in total. The highest BCUT2D eigenvalue weighted by atomic mass is 35.5. The van der Waals surface area contributed by atoms with Crippen molar-refractivity contribution >= 4 is 33.2 Å². The summed E-state index contributed by atoms with van der Waals surface area (Å²) in [6, 6.07) is 11.9. The molecule has 0 aliphatic heterocycles. The number of nitrogens with two attached hydrogens (primary N) is 1. The van der Waals surface area contributed by atoms with E-state index < -0.39 is 10.0 Å². The molecule has 0 unspecified atom stereocenters. The van der Waals surface area contributed by atoms with Gasteiger partial charge in [0.1, 0.15) is 12.4 Å². The fourth-order valence-electron chi connectivity index (χ4n) is 4.32. The molecule has 0 amide bonds. The highest BCUT2D eigenvalue weighted by Gasteiger charge is 2.31. The first-order chi connectivity index (χ1) is 14.8. The lowest BCUT2D eigenvalue weighted by atomic mass is 9.76. The molecule has 4 rings (SSSR count). The number of hydrogen-bond acceptors (Lipinski definition) is 4. The molecule has 2 aliphatic rings. The molecule has 1 saturated carbocycles. The number of halogens is 2. The van der Waals surface area contributed by atoms with Crippen LogP contribution in [0.1, 0.15) is 48.3 Å². The van der Waals surface area contributed by atoms with Crippen LogP contribution in [0.15, 0.2) is 36.4 Å². The predicted octanol–water partition coefficient (Wildman–Crippen LogP) is 4.44. The first-order valence-electron chi connectivity index (χ1n) is 10.8. The summed E-state index contributed by atoms with van der Waals surface area (Å²) in [7, 11) is -3.22. The van der Waals surface area contributed by atoms with Crippen molar-refractivity contribution in [3.8, 4) is 5.75 Å². The maximum atomic E-state index is 12.1. The van der Waals surface area contributed by atoms with Crippen LogP contribution in [0.2, 0.25) is 10.0 Å². The molecule has 0 saturated heterocycles. The molecule has 0 aromatic heterocycles. The monoisotopic (exact) mass is 482 g/mol. The summed E-state index contributed by atoms with van der Waals surface area (Å²) in [6.45, 7) is 0.552. The van der Waals surface area contributed by atoms with Gasteiger partial charge in [0, 0.05) is 18.5 Å². The molecule has 2 atom stereocenters. The van der Waals surface area contributed by atoms with Gasteiger partial charge in [-0.2, -0.15) is 0 Å². The smallest absolute Gasteiger partial charge is 0.214 e. The molecule has 31 heavy (non-hydrogen) atoms. The van der Waals surface area contributed by atoms with E-state index in [4.69, 9.17) is 33.7 Å². The van der Waals surface area contributed by atoms with Gasteiger partial charge in [0.15, 0.2) is 0 Å². The zero-order chi connectivity index (χ0) is 22.0. The molecule has 168 valence electrons. The van der Waals surface area contributed by atoms with Crippen LogP contribution in [0.5, 0.6) is 5.75 Å². The van der Waals surface area contributed by atoms with Crippen LogP contribution in [0.25, 0.3) is 0 Å². The average Bonchev–Trinajstić information content (AvgIpc) is 2.68. The third-order valence-electron chi connectivity index (χ3n) is 6.39. The van der Waals surface area contributed by atoms with E-state index in [0.29, 0.717) is 10.0 Å². The lowest BCUT2D eigenvalue weighted by molar-refractivity contribution is 0.320. The van der Waals surface area contributed by atoms with E-state index in [1.165, 1.54) is 11.1 Å². The summed E-state index contributed by atoms with van der Waals surface area (Å²) in [4.78, 5) is 0. The highest BCUT2D eigenvalue weighted by molar-refractivity contribution is 7.90. The number of nitrogens with one attached hydrogen (secondary N) is 1. The summed E-state index contributed by atoms with van der Waals surface area (Å²) in [5, 5.41) is 0.854. The van der Waals surface area contributed by atoms with Crippen molar-refractivity contribution in [2.45, 2.75) is 55.7 Å². The quantitative estimate of drug-likeness (QED) is 0.544. The number of fused-ring (bicyclic) bond motifs is 1. The molecule has 1 fully saturated rings. The minimum atomic E-state index is -3.22. The fourth-order valence-corrected chi connectivity index (χ4v) is 6.20. The van der Waals surface area contributed by atoms with E-state index in [9.17, 15) is 8.42 Å². The second-order valence-corrected chi connectivity index (χ2v) is 11.3. The minimum Gasteiger partial charge on any atom is -0.492 e. The summed E-state index contributed by atoms with van der Waals surface area (Å²) in [5.74, 6) is 0.886. The third-order valence-corrected chi connectivity index (χ3v) is 9.08. The highest BCUT2D eigenvalue weighted by Crippen LogP contribution is 2.36. The second-order valence-electron chi connectivity index (χ2n) is 8.46. The Bertz CT molecular complexity index is 1040. The van der Waals surface area contributed by atoms with Crippen molar-refractivity contribution in [1.82, 2.24) is 4.72 Å². The van der Waals surface area contributed by atoms with Gasteiger partial charge in [0.2, 0.25) is 10.0 Å². The van der Waals surface area contributed by atoms with Crippen molar-refractivity contribution in [1.29, 1.82) is 0 Å². The van der Waals surface area contributed by atoms with Gasteiger partial charge in [-0.3, -0.25) is 0 Å². The number of benzene rings is 2. The molecular weight excluding hydrogens is 455 g/mol. The van der Waals surface area contributed by atoms with Crippen LogP contribution in [-0.4, -0.2) is 32.9 Å². The van der Waals surface area contributed by atoms with Crippen LogP contribution in [-0.2, 0) is 22.9 Å². The number of ether oxygens (including phenoxy) is 1. The van der Waals surface area contributed by atoms with Gasteiger partial charge in [0.25, 0.3) is 0 Å². The summed E-state index contributed by atoms with van der Waals surface area (Å²) >= 11 is 12.3. The van der Waals surface area contributed by atoms with Crippen LogP contribution in [0.3, 0.4) is 0 Å².